The molecule has 0 aromatic heterocycles. The highest BCUT2D eigenvalue weighted by atomic mass is 79.9. The predicted molar refractivity (Wildman–Crippen MR) is 81.7 cm³/mol. The number of terminal acetylenes is 1. The molecule has 6 atom stereocenters. The SMILES string of the molecule is C#C/C=C\C[C@H](Cl)[C@H]1C[C@@H]2O[C@@H]2[C@H](CBr)[C@@H](CC)O1. The summed E-state index contributed by atoms with van der Waals surface area (Å²) in [7, 11) is 0. The van der Waals surface area contributed by atoms with Gasteiger partial charge in [0.25, 0.3) is 0 Å². The molecule has 2 aliphatic rings. The maximum absolute atomic E-state index is 6.45. The van der Waals surface area contributed by atoms with Crippen molar-refractivity contribution in [3.8, 4) is 12.3 Å². The quantitative estimate of drug-likeness (QED) is 0.431. The van der Waals surface area contributed by atoms with Gasteiger partial charge in [-0.3, -0.25) is 0 Å². The number of ether oxygens (including phenoxy) is 2. The monoisotopic (exact) mass is 346 g/mol. The minimum Gasteiger partial charge on any atom is -0.373 e. The van der Waals surface area contributed by atoms with Gasteiger partial charge < -0.3 is 9.47 Å². The third kappa shape index (κ3) is 3.76. The van der Waals surface area contributed by atoms with Gasteiger partial charge in [0.2, 0.25) is 0 Å². The topological polar surface area (TPSA) is 21.8 Å². The van der Waals surface area contributed by atoms with Crippen LogP contribution in [0.2, 0.25) is 0 Å². The minimum absolute atomic E-state index is 0.0439. The Hall–Kier alpha value is -0.0100. The number of alkyl halides is 2. The molecule has 0 spiro atoms. The van der Waals surface area contributed by atoms with Crippen molar-refractivity contribution in [2.24, 2.45) is 5.92 Å². The molecular weight excluding hydrogens is 328 g/mol. The van der Waals surface area contributed by atoms with Crippen molar-refractivity contribution < 1.29 is 9.47 Å². The highest BCUT2D eigenvalue weighted by molar-refractivity contribution is 9.09. The van der Waals surface area contributed by atoms with Crippen LogP contribution in [0.5, 0.6) is 0 Å². The first-order valence-electron chi connectivity index (χ1n) is 6.83. The van der Waals surface area contributed by atoms with Gasteiger partial charge in [-0.1, -0.05) is 34.9 Å². The molecule has 2 heterocycles. The highest BCUT2D eigenvalue weighted by Gasteiger charge is 2.51. The average Bonchev–Trinajstić information content (AvgIpc) is 3.16. The van der Waals surface area contributed by atoms with E-state index in [2.05, 4.69) is 28.8 Å². The second-order valence-electron chi connectivity index (χ2n) is 5.13. The predicted octanol–water partition coefficient (Wildman–Crippen LogP) is 3.52. The first-order valence-corrected chi connectivity index (χ1v) is 8.39. The Bertz CT molecular complexity index is 366. The molecule has 0 aliphatic carbocycles. The van der Waals surface area contributed by atoms with E-state index in [1.807, 2.05) is 6.08 Å². The first kappa shape index (κ1) is 15.4. The van der Waals surface area contributed by atoms with Crippen molar-refractivity contribution in [2.75, 3.05) is 5.33 Å². The number of allylic oxidation sites excluding steroid dienone is 2. The summed E-state index contributed by atoms with van der Waals surface area (Å²) < 4.78 is 12.0. The summed E-state index contributed by atoms with van der Waals surface area (Å²) in [6, 6.07) is 0. The third-order valence-electron chi connectivity index (χ3n) is 3.89. The summed E-state index contributed by atoms with van der Waals surface area (Å²) in [4.78, 5) is 0. The summed E-state index contributed by atoms with van der Waals surface area (Å²) >= 11 is 10.0. The van der Waals surface area contributed by atoms with Crippen LogP contribution in [0.25, 0.3) is 0 Å². The van der Waals surface area contributed by atoms with E-state index in [-0.39, 0.29) is 17.6 Å². The molecule has 2 fully saturated rings. The lowest BCUT2D eigenvalue weighted by Crippen LogP contribution is -2.34. The lowest BCUT2D eigenvalue weighted by molar-refractivity contribution is -0.0484. The van der Waals surface area contributed by atoms with Crippen molar-refractivity contribution in [1.29, 1.82) is 0 Å². The molecule has 106 valence electrons. The summed E-state index contributed by atoms with van der Waals surface area (Å²) in [5.41, 5.74) is 0. The Morgan fingerprint density at radius 3 is 2.95 bits per heavy atom. The number of epoxide rings is 1. The molecule has 0 amide bonds. The summed E-state index contributed by atoms with van der Waals surface area (Å²) in [5, 5.41) is 0.876. The van der Waals surface area contributed by atoms with E-state index in [1.165, 1.54) is 0 Å². The standard InChI is InChI=1S/C15H20BrClO2/c1-3-5-6-7-11(17)13-8-14-15(19-14)10(9-16)12(4-2)18-13/h1,5-6,10-15H,4,7-9H2,2H3/b6-5-/t10-,11+,12-,13-,14+,15-/m1/s1. The number of hydrogen-bond acceptors (Lipinski definition) is 2. The highest BCUT2D eigenvalue weighted by Crippen LogP contribution is 2.42. The molecule has 2 rings (SSSR count). The van der Waals surface area contributed by atoms with Gasteiger partial charge in [0.15, 0.2) is 0 Å². The molecule has 0 unspecified atom stereocenters. The molecule has 2 nitrogen and oxygen atoms in total. The molecular formula is C15H20BrClO2. The van der Waals surface area contributed by atoms with Crippen molar-refractivity contribution in [3.63, 3.8) is 0 Å². The van der Waals surface area contributed by atoms with Crippen LogP contribution >= 0.6 is 27.5 Å². The van der Waals surface area contributed by atoms with Crippen LogP contribution in [-0.4, -0.2) is 35.1 Å². The Morgan fingerprint density at radius 2 is 2.32 bits per heavy atom. The first-order chi connectivity index (χ1) is 9.21. The van der Waals surface area contributed by atoms with E-state index < -0.39 is 0 Å². The van der Waals surface area contributed by atoms with Crippen LogP contribution in [0, 0.1) is 18.3 Å². The molecule has 0 aromatic rings. The van der Waals surface area contributed by atoms with E-state index in [0.29, 0.717) is 18.1 Å². The van der Waals surface area contributed by atoms with Crippen LogP contribution in [0.15, 0.2) is 12.2 Å². The van der Waals surface area contributed by atoms with Gasteiger partial charge in [0.05, 0.1) is 29.8 Å². The number of hydrogen-bond donors (Lipinski definition) is 0. The van der Waals surface area contributed by atoms with Crippen molar-refractivity contribution in [2.45, 2.75) is 56.0 Å². The van der Waals surface area contributed by atoms with Gasteiger partial charge >= 0.3 is 0 Å². The van der Waals surface area contributed by atoms with Crippen molar-refractivity contribution in [3.05, 3.63) is 12.2 Å². The van der Waals surface area contributed by atoms with Gasteiger partial charge in [-0.05, 0) is 18.9 Å². The second kappa shape index (κ2) is 7.13. The zero-order valence-electron chi connectivity index (χ0n) is 11.1. The molecule has 19 heavy (non-hydrogen) atoms. The summed E-state index contributed by atoms with van der Waals surface area (Å²) in [5.74, 6) is 2.92. The molecule has 0 radical (unpaired) electrons. The molecule has 0 bridgehead atoms. The van der Waals surface area contributed by atoms with Gasteiger partial charge in [-0.15, -0.1) is 18.0 Å². The fraction of sp³-hybridized carbons (Fsp3) is 0.733. The van der Waals surface area contributed by atoms with Crippen LogP contribution in [0.4, 0.5) is 0 Å². The Balaban J connectivity index is 1.98. The molecule has 4 heteroatoms. The van der Waals surface area contributed by atoms with E-state index in [1.54, 1.807) is 6.08 Å². The Kier molecular flexibility index (Phi) is 5.77. The molecule has 0 saturated carbocycles. The smallest absolute Gasteiger partial charge is 0.0903 e. The minimum atomic E-state index is -0.0439. The maximum atomic E-state index is 6.45. The fourth-order valence-electron chi connectivity index (χ4n) is 2.78. The molecule has 0 aromatic carbocycles. The lowest BCUT2D eigenvalue weighted by atomic mass is 9.97. The van der Waals surface area contributed by atoms with Gasteiger partial charge in [-0.25, -0.2) is 0 Å². The number of rotatable bonds is 5. The third-order valence-corrected chi connectivity index (χ3v) is 5.10. The van der Waals surface area contributed by atoms with Crippen molar-refractivity contribution in [1.82, 2.24) is 0 Å². The van der Waals surface area contributed by atoms with E-state index in [4.69, 9.17) is 27.5 Å². The number of fused-ring (bicyclic) bond motifs is 1. The molecule has 0 N–H and O–H groups in total. The zero-order valence-corrected chi connectivity index (χ0v) is 13.4. The Morgan fingerprint density at radius 1 is 1.53 bits per heavy atom. The number of halogens is 2. The zero-order chi connectivity index (χ0) is 13.8. The Labute approximate surface area is 129 Å². The second-order valence-corrected chi connectivity index (χ2v) is 6.34. The van der Waals surface area contributed by atoms with Crippen LogP contribution in [0.1, 0.15) is 26.2 Å². The van der Waals surface area contributed by atoms with Crippen LogP contribution < -0.4 is 0 Å². The van der Waals surface area contributed by atoms with E-state index in [9.17, 15) is 0 Å². The van der Waals surface area contributed by atoms with Crippen LogP contribution in [-0.2, 0) is 9.47 Å². The van der Waals surface area contributed by atoms with Gasteiger partial charge in [0, 0.05) is 17.7 Å². The van der Waals surface area contributed by atoms with Gasteiger partial charge in [0.1, 0.15) is 0 Å². The molecule has 2 aliphatic heterocycles. The molecule has 2 saturated heterocycles. The van der Waals surface area contributed by atoms with E-state index >= 15 is 0 Å². The van der Waals surface area contributed by atoms with Gasteiger partial charge in [-0.2, -0.15) is 0 Å². The summed E-state index contributed by atoms with van der Waals surface area (Å²) in [6.45, 7) is 2.15. The maximum Gasteiger partial charge on any atom is 0.0903 e. The average molecular weight is 348 g/mol. The van der Waals surface area contributed by atoms with E-state index in [0.717, 1.165) is 24.6 Å². The van der Waals surface area contributed by atoms with Crippen molar-refractivity contribution >= 4 is 27.5 Å². The largest absolute Gasteiger partial charge is 0.373 e. The van der Waals surface area contributed by atoms with Crippen LogP contribution in [0.3, 0.4) is 0 Å². The lowest BCUT2D eigenvalue weighted by Gasteiger charge is -2.28. The summed E-state index contributed by atoms with van der Waals surface area (Å²) in [6.07, 6.45) is 12.4. The fourth-order valence-corrected chi connectivity index (χ4v) is 3.83. The normalized spacial score (nSPS) is 39.4.